The van der Waals surface area contributed by atoms with Gasteiger partial charge in [-0.2, -0.15) is 0 Å². The number of hydrogen-bond donors (Lipinski definition) is 1. The Kier molecular flexibility index (Phi) is 6.37. The van der Waals surface area contributed by atoms with E-state index in [1.165, 1.54) is 0 Å². The Hall–Kier alpha value is -2.14. The highest BCUT2D eigenvalue weighted by Gasteiger charge is 2.17. The topological polar surface area (TPSA) is 55.4 Å². The molecule has 2 rings (SSSR count). The van der Waals surface area contributed by atoms with Gasteiger partial charge >= 0.3 is 0 Å². The van der Waals surface area contributed by atoms with E-state index in [1.807, 2.05) is 52.0 Å². The Morgan fingerprint density at radius 3 is 2.48 bits per heavy atom. The fraction of sp³-hybridized carbons (Fsp3) is 0.400. The van der Waals surface area contributed by atoms with Gasteiger partial charge in [0.05, 0.1) is 13.2 Å². The van der Waals surface area contributed by atoms with Crippen LogP contribution in [0.25, 0.3) is 0 Å². The maximum atomic E-state index is 12.3. The number of carbonyl (C=O) groups excluding carboxylic acids is 2. The molecule has 1 atom stereocenters. The Morgan fingerprint density at radius 2 is 1.88 bits per heavy atom. The first kappa shape index (κ1) is 19.2. The van der Waals surface area contributed by atoms with Crippen molar-refractivity contribution in [3.63, 3.8) is 0 Å². The Labute approximate surface area is 153 Å². The number of rotatable bonds is 7. The number of methoxy groups -OCH3 is 1. The van der Waals surface area contributed by atoms with Gasteiger partial charge in [0.15, 0.2) is 5.78 Å². The van der Waals surface area contributed by atoms with E-state index in [-0.39, 0.29) is 30.6 Å². The molecule has 0 radical (unpaired) electrons. The summed E-state index contributed by atoms with van der Waals surface area (Å²) in [5.74, 6) is 0.644. The van der Waals surface area contributed by atoms with Crippen LogP contribution in [0.5, 0.6) is 5.75 Å². The Balaban J connectivity index is 1.95. The van der Waals surface area contributed by atoms with Crippen molar-refractivity contribution in [1.29, 1.82) is 0 Å². The second kappa shape index (κ2) is 8.30. The summed E-state index contributed by atoms with van der Waals surface area (Å²) >= 11 is 1.61. The quantitative estimate of drug-likeness (QED) is 0.739. The lowest BCUT2D eigenvalue weighted by Gasteiger charge is -2.18. The highest BCUT2D eigenvalue weighted by molar-refractivity contribution is 7.12. The molecule has 0 aliphatic heterocycles. The summed E-state index contributed by atoms with van der Waals surface area (Å²) in [6.45, 7) is 7.85. The van der Waals surface area contributed by atoms with Crippen molar-refractivity contribution in [2.24, 2.45) is 0 Å². The van der Waals surface area contributed by atoms with E-state index in [4.69, 9.17) is 4.74 Å². The maximum Gasteiger partial charge on any atom is 0.220 e. The van der Waals surface area contributed by atoms with Crippen LogP contribution in [0.4, 0.5) is 0 Å². The van der Waals surface area contributed by atoms with Crippen molar-refractivity contribution in [3.8, 4) is 5.75 Å². The minimum atomic E-state index is -0.178. The zero-order valence-electron chi connectivity index (χ0n) is 15.4. The fourth-order valence-electron chi connectivity index (χ4n) is 2.85. The number of Topliss-reactive ketones (excluding diaryl/α,β-unsaturated/α-hetero) is 1. The molecule has 0 saturated carbocycles. The second-order valence-corrected chi connectivity index (χ2v) is 7.75. The number of hydrogen-bond acceptors (Lipinski definition) is 4. The summed E-state index contributed by atoms with van der Waals surface area (Å²) in [4.78, 5) is 26.7. The van der Waals surface area contributed by atoms with Crippen LogP contribution in [-0.2, 0) is 4.79 Å². The zero-order chi connectivity index (χ0) is 18.6. The third-order valence-corrected chi connectivity index (χ3v) is 5.12. The second-order valence-electron chi connectivity index (χ2n) is 6.28. The van der Waals surface area contributed by atoms with Gasteiger partial charge in [-0.1, -0.05) is 17.7 Å². The van der Waals surface area contributed by atoms with Crippen LogP contribution in [0.1, 0.15) is 57.0 Å². The van der Waals surface area contributed by atoms with Gasteiger partial charge in [0, 0.05) is 33.7 Å². The lowest BCUT2D eigenvalue weighted by molar-refractivity contribution is -0.121. The molecule has 4 nitrogen and oxygen atoms in total. The molecular formula is C20H25NO3S. The highest BCUT2D eigenvalue weighted by Crippen LogP contribution is 2.26. The maximum absolute atomic E-state index is 12.3. The summed E-state index contributed by atoms with van der Waals surface area (Å²) in [7, 11) is 1.62. The summed E-state index contributed by atoms with van der Waals surface area (Å²) in [6.07, 6.45) is 0.409. The molecular weight excluding hydrogens is 334 g/mol. The lowest BCUT2D eigenvalue weighted by atomic mass is 10.0. The van der Waals surface area contributed by atoms with Gasteiger partial charge in [-0.25, -0.2) is 0 Å². The Bertz CT molecular complexity index is 779. The van der Waals surface area contributed by atoms with E-state index in [2.05, 4.69) is 5.32 Å². The minimum absolute atomic E-state index is 0.0257. The minimum Gasteiger partial charge on any atom is -0.496 e. The van der Waals surface area contributed by atoms with Gasteiger partial charge < -0.3 is 10.1 Å². The van der Waals surface area contributed by atoms with Crippen LogP contribution >= 0.6 is 11.3 Å². The average molecular weight is 359 g/mol. The molecule has 1 unspecified atom stereocenters. The van der Waals surface area contributed by atoms with Crippen molar-refractivity contribution in [3.05, 3.63) is 50.7 Å². The fourth-order valence-corrected chi connectivity index (χ4v) is 3.80. The number of thiophene rings is 1. The monoisotopic (exact) mass is 359 g/mol. The molecule has 0 aliphatic carbocycles. The van der Waals surface area contributed by atoms with Gasteiger partial charge in [0.2, 0.25) is 5.91 Å². The van der Waals surface area contributed by atoms with Crippen molar-refractivity contribution in [2.45, 2.75) is 46.6 Å². The summed E-state index contributed by atoms with van der Waals surface area (Å²) in [5.41, 5.74) is 2.78. The first-order chi connectivity index (χ1) is 11.8. The molecule has 0 spiro atoms. The van der Waals surface area contributed by atoms with Gasteiger partial charge in [-0.3, -0.25) is 9.59 Å². The van der Waals surface area contributed by atoms with Crippen LogP contribution in [-0.4, -0.2) is 18.8 Å². The predicted molar refractivity (Wildman–Crippen MR) is 102 cm³/mol. The number of ether oxygens (including phenoxy) is 1. The standard InChI is InChI=1S/C20H25NO3S/c1-12-6-8-19(24-5)16(10-12)14(3)21-20(23)9-7-18(22)17-11-13(2)25-15(17)4/h6,8,10-11,14H,7,9H2,1-5H3,(H,21,23). The van der Waals surface area contributed by atoms with E-state index in [1.54, 1.807) is 18.4 Å². The van der Waals surface area contributed by atoms with Gasteiger partial charge in [0.1, 0.15) is 5.75 Å². The average Bonchev–Trinajstić information content (AvgIpc) is 2.91. The number of carbonyl (C=O) groups is 2. The molecule has 1 aromatic heterocycles. The van der Waals surface area contributed by atoms with Gasteiger partial charge in [-0.05, 0) is 39.8 Å². The molecule has 0 aliphatic rings. The molecule has 0 bridgehead atoms. The third-order valence-electron chi connectivity index (χ3n) is 4.15. The van der Waals surface area contributed by atoms with Crippen molar-refractivity contribution < 1.29 is 14.3 Å². The van der Waals surface area contributed by atoms with Crippen LogP contribution in [0, 0.1) is 20.8 Å². The molecule has 25 heavy (non-hydrogen) atoms. The van der Waals surface area contributed by atoms with Gasteiger partial charge in [-0.15, -0.1) is 11.3 Å². The first-order valence-electron chi connectivity index (χ1n) is 8.36. The van der Waals surface area contributed by atoms with Crippen LogP contribution in [0.2, 0.25) is 0 Å². The third kappa shape index (κ3) is 4.92. The van der Waals surface area contributed by atoms with Crippen LogP contribution < -0.4 is 10.1 Å². The van der Waals surface area contributed by atoms with Crippen molar-refractivity contribution in [1.82, 2.24) is 5.32 Å². The van der Waals surface area contributed by atoms with E-state index in [9.17, 15) is 9.59 Å². The highest BCUT2D eigenvalue weighted by atomic mass is 32.1. The van der Waals surface area contributed by atoms with E-state index in [0.717, 1.165) is 32.2 Å². The smallest absolute Gasteiger partial charge is 0.220 e. The number of benzene rings is 1. The number of ketones is 1. The van der Waals surface area contributed by atoms with E-state index < -0.39 is 0 Å². The summed E-state index contributed by atoms with van der Waals surface area (Å²) in [5, 5.41) is 2.96. The first-order valence-corrected chi connectivity index (χ1v) is 9.17. The van der Waals surface area contributed by atoms with E-state index >= 15 is 0 Å². The van der Waals surface area contributed by atoms with Crippen molar-refractivity contribution >= 4 is 23.0 Å². The number of amides is 1. The van der Waals surface area contributed by atoms with Crippen LogP contribution in [0.15, 0.2) is 24.3 Å². The molecule has 1 N–H and O–H groups in total. The predicted octanol–water partition coefficient (Wildman–Crippen LogP) is 4.52. The molecule has 0 fully saturated rings. The molecule has 0 saturated heterocycles. The molecule has 1 amide bonds. The SMILES string of the molecule is COc1ccc(C)cc1C(C)NC(=O)CCC(=O)c1cc(C)sc1C. The summed E-state index contributed by atoms with van der Waals surface area (Å²) < 4.78 is 5.37. The summed E-state index contributed by atoms with van der Waals surface area (Å²) in [6, 6.07) is 7.61. The molecule has 1 heterocycles. The lowest BCUT2D eigenvalue weighted by Crippen LogP contribution is -2.27. The van der Waals surface area contributed by atoms with Crippen molar-refractivity contribution in [2.75, 3.05) is 7.11 Å². The number of aryl methyl sites for hydroxylation is 3. The van der Waals surface area contributed by atoms with Crippen LogP contribution in [0.3, 0.4) is 0 Å². The molecule has 2 aromatic rings. The molecule has 134 valence electrons. The normalized spacial score (nSPS) is 11.9. The largest absolute Gasteiger partial charge is 0.496 e. The van der Waals surface area contributed by atoms with E-state index in [0.29, 0.717) is 0 Å². The Morgan fingerprint density at radius 1 is 1.16 bits per heavy atom. The van der Waals surface area contributed by atoms with Gasteiger partial charge in [0.25, 0.3) is 0 Å². The zero-order valence-corrected chi connectivity index (χ0v) is 16.3. The molecule has 5 heteroatoms. The number of nitrogens with one attached hydrogen (secondary N) is 1. The molecule has 1 aromatic carbocycles.